The van der Waals surface area contributed by atoms with Gasteiger partial charge in [0.05, 0.1) is 5.69 Å². The van der Waals surface area contributed by atoms with Gasteiger partial charge in [0.1, 0.15) is 0 Å². The molecule has 1 fully saturated rings. The third kappa shape index (κ3) is 3.50. The van der Waals surface area contributed by atoms with Gasteiger partial charge in [-0.15, -0.1) is 0 Å². The molecule has 1 atom stereocenters. The predicted molar refractivity (Wildman–Crippen MR) is 66.2 cm³/mol. The molecule has 0 radical (unpaired) electrons. The highest BCUT2D eigenvalue weighted by Crippen LogP contribution is 2.17. The SMILES string of the molecule is Cc1cccc(CNC2CCCSC2)n1. The number of aromatic nitrogens is 1. The van der Waals surface area contributed by atoms with Gasteiger partial charge in [0.15, 0.2) is 0 Å². The summed E-state index contributed by atoms with van der Waals surface area (Å²) in [7, 11) is 0. The summed E-state index contributed by atoms with van der Waals surface area (Å²) in [5, 5.41) is 3.58. The van der Waals surface area contributed by atoms with Crippen LogP contribution < -0.4 is 5.32 Å². The van der Waals surface area contributed by atoms with Crippen LogP contribution >= 0.6 is 11.8 Å². The summed E-state index contributed by atoms with van der Waals surface area (Å²) < 4.78 is 0. The molecule has 1 N–H and O–H groups in total. The number of pyridine rings is 1. The van der Waals surface area contributed by atoms with Crippen LogP contribution in [0.15, 0.2) is 18.2 Å². The molecule has 15 heavy (non-hydrogen) atoms. The van der Waals surface area contributed by atoms with Crippen molar-refractivity contribution in [1.29, 1.82) is 0 Å². The number of nitrogens with zero attached hydrogens (tertiary/aromatic N) is 1. The average Bonchev–Trinajstić information content (AvgIpc) is 2.28. The summed E-state index contributed by atoms with van der Waals surface area (Å²) in [6, 6.07) is 6.90. The van der Waals surface area contributed by atoms with Gasteiger partial charge in [0.2, 0.25) is 0 Å². The molecule has 3 heteroatoms. The number of thioether (sulfide) groups is 1. The minimum absolute atomic E-state index is 0.686. The van der Waals surface area contributed by atoms with E-state index in [0.29, 0.717) is 6.04 Å². The van der Waals surface area contributed by atoms with Gasteiger partial charge in [0.25, 0.3) is 0 Å². The van der Waals surface area contributed by atoms with Crippen LogP contribution in [0.1, 0.15) is 24.2 Å². The Balaban J connectivity index is 1.81. The summed E-state index contributed by atoms with van der Waals surface area (Å²) in [6.07, 6.45) is 2.67. The smallest absolute Gasteiger partial charge is 0.0544 e. The molecule has 1 aliphatic rings. The Kier molecular flexibility index (Phi) is 4.03. The molecule has 1 saturated heterocycles. The van der Waals surface area contributed by atoms with Gasteiger partial charge >= 0.3 is 0 Å². The van der Waals surface area contributed by atoms with E-state index in [4.69, 9.17) is 0 Å². The molecule has 82 valence electrons. The van der Waals surface area contributed by atoms with Gasteiger partial charge in [0, 0.05) is 24.0 Å². The summed E-state index contributed by atoms with van der Waals surface area (Å²) in [5.74, 6) is 2.59. The lowest BCUT2D eigenvalue weighted by Crippen LogP contribution is -2.33. The molecule has 1 aromatic rings. The summed E-state index contributed by atoms with van der Waals surface area (Å²) in [4.78, 5) is 4.49. The Morgan fingerprint density at radius 1 is 1.53 bits per heavy atom. The van der Waals surface area contributed by atoms with Gasteiger partial charge in [-0.1, -0.05) is 6.07 Å². The van der Waals surface area contributed by atoms with Crippen LogP contribution in [0.3, 0.4) is 0 Å². The summed E-state index contributed by atoms with van der Waals surface area (Å²) in [5.41, 5.74) is 2.26. The number of rotatable bonds is 3. The van der Waals surface area contributed by atoms with E-state index in [1.807, 2.05) is 13.0 Å². The van der Waals surface area contributed by atoms with Crippen molar-refractivity contribution in [3.05, 3.63) is 29.6 Å². The second-order valence-electron chi connectivity index (χ2n) is 4.07. The fourth-order valence-corrected chi connectivity index (χ4v) is 2.96. The lowest BCUT2D eigenvalue weighted by atomic mass is 10.2. The van der Waals surface area contributed by atoms with Gasteiger partial charge in [-0.3, -0.25) is 4.98 Å². The van der Waals surface area contributed by atoms with Crippen molar-refractivity contribution in [3.63, 3.8) is 0 Å². The van der Waals surface area contributed by atoms with Gasteiger partial charge in [-0.25, -0.2) is 0 Å². The highest BCUT2D eigenvalue weighted by Gasteiger charge is 2.12. The van der Waals surface area contributed by atoms with Crippen LogP contribution in [-0.2, 0) is 6.54 Å². The molecule has 1 aliphatic heterocycles. The van der Waals surface area contributed by atoms with Crippen molar-refractivity contribution >= 4 is 11.8 Å². The Morgan fingerprint density at radius 2 is 2.47 bits per heavy atom. The Bertz CT molecular complexity index is 308. The lowest BCUT2D eigenvalue weighted by molar-refractivity contribution is 0.503. The maximum atomic E-state index is 4.49. The Morgan fingerprint density at radius 3 is 3.20 bits per heavy atom. The molecule has 0 bridgehead atoms. The van der Waals surface area contributed by atoms with Crippen molar-refractivity contribution in [2.24, 2.45) is 0 Å². The number of hydrogen-bond acceptors (Lipinski definition) is 3. The summed E-state index contributed by atoms with van der Waals surface area (Å²) >= 11 is 2.06. The van der Waals surface area contributed by atoms with E-state index in [1.54, 1.807) is 0 Å². The first kappa shape index (κ1) is 11.0. The van der Waals surface area contributed by atoms with Crippen LogP contribution in [0.5, 0.6) is 0 Å². The van der Waals surface area contributed by atoms with Gasteiger partial charge in [-0.05, 0) is 37.7 Å². The molecular weight excluding hydrogens is 204 g/mol. The topological polar surface area (TPSA) is 24.9 Å². The molecule has 2 nitrogen and oxygen atoms in total. The Hall–Kier alpha value is -0.540. The largest absolute Gasteiger partial charge is 0.308 e. The molecule has 0 saturated carbocycles. The van der Waals surface area contributed by atoms with Gasteiger partial charge in [-0.2, -0.15) is 11.8 Å². The zero-order chi connectivity index (χ0) is 10.5. The van der Waals surface area contributed by atoms with Crippen molar-refractivity contribution in [1.82, 2.24) is 10.3 Å². The van der Waals surface area contributed by atoms with E-state index < -0.39 is 0 Å². The highest BCUT2D eigenvalue weighted by molar-refractivity contribution is 7.99. The molecule has 1 unspecified atom stereocenters. The van der Waals surface area contributed by atoms with E-state index in [1.165, 1.54) is 24.3 Å². The molecule has 0 aromatic carbocycles. The van der Waals surface area contributed by atoms with E-state index in [9.17, 15) is 0 Å². The Labute approximate surface area is 95.9 Å². The molecule has 0 aliphatic carbocycles. The molecule has 0 amide bonds. The van der Waals surface area contributed by atoms with E-state index >= 15 is 0 Å². The number of nitrogens with one attached hydrogen (secondary N) is 1. The fourth-order valence-electron chi connectivity index (χ4n) is 1.85. The number of hydrogen-bond donors (Lipinski definition) is 1. The standard InChI is InChI=1S/C12H18N2S/c1-10-4-2-5-11(14-10)8-13-12-6-3-7-15-9-12/h2,4-5,12-13H,3,6-9H2,1H3. The first-order valence-electron chi connectivity index (χ1n) is 5.58. The van der Waals surface area contributed by atoms with Crippen LogP contribution in [0.2, 0.25) is 0 Å². The van der Waals surface area contributed by atoms with Crippen molar-refractivity contribution in [2.75, 3.05) is 11.5 Å². The fraction of sp³-hybridized carbons (Fsp3) is 0.583. The van der Waals surface area contributed by atoms with Crippen LogP contribution in [0, 0.1) is 6.92 Å². The zero-order valence-electron chi connectivity index (χ0n) is 9.20. The normalized spacial score (nSPS) is 21.5. The van der Waals surface area contributed by atoms with E-state index in [0.717, 1.165) is 17.9 Å². The minimum atomic E-state index is 0.686. The van der Waals surface area contributed by atoms with Crippen molar-refractivity contribution in [2.45, 2.75) is 32.4 Å². The predicted octanol–water partition coefficient (Wildman–Crippen LogP) is 2.38. The van der Waals surface area contributed by atoms with E-state index in [2.05, 4.69) is 34.2 Å². The molecule has 0 spiro atoms. The monoisotopic (exact) mass is 222 g/mol. The molecule has 2 rings (SSSR count). The maximum absolute atomic E-state index is 4.49. The summed E-state index contributed by atoms with van der Waals surface area (Å²) in [6.45, 7) is 2.95. The average molecular weight is 222 g/mol. The van der Waals surface area contributed by atoms with Gasteiger partial charge < -0.3 is 5.32 Å². The van der Waals surface area contributed by atoms with Crippen molar-refractivity contribution < 1.29 is 0 Å². The van der Waals surface area contributed by atoms with Crippen LogP contribution in [-0.4, -0.2) is 22.5 Å². The van der Waals surface area contributed by atoms with Crippen LogP contribution in [0.4, 0.5) is 0 Å². The third-order valence-corrected chi connectivity index (χ3v) is 3.89. The molecule has 2 heterocycles. The lowest BCUT2D eigenvalue weighted by Gasteiger charge is -2.22. The maximum Gasteiger partial charge on any atom is 0.0544 e. The molecule has 1 aromatic heterocycles. The quantitative estimate of drug-likeness (QED) is 0.850. The first-order chi connectivity index (χ1) is 7.34. The zero-order valence-corrected chi connectivity index (χ0v) is 10.0. The van der Waals surface area contributed by atoms with Crippen LogP contribution in [0.25, 0.3) is 0 Å². The van der Waals surface area contributed by atoms with E-state index in [-0.39, 0.29) is 0 Å². The minimum Gasteiger partial charge on any atom is -0.308 e. The molecular formula is C12H18N2S. The second-order valence-corrected chi connectivity index (χ2v) is 5.22. The first-order valence-corrected chi connectivity index (χ1v) is 6.74. The number of aryl methyl sites for hydroxylation is 1. The second kappa shape index (κ2) is 5.52. The third-order valence-electron chi connectivity index (χ3n) is 2.68. The van der Waals surface area contributed by atoms with Crippen molar-refractivity contribution in [3.8, 4) is 0 Å². The highest BCUT2D eigenvalue weighted by atomic mass is 32.2.